The Hall–Kier alpha value is -4.75. The van der Waals surface area contributed by atoms with Gasteiger partial charge in [-0.2, -0.15) is 4.98 Å². The number of fused-ring (bicyclic) bond motifs is 1. The summed E-state index contributed by atoms with van der Waals surface area (Å²) in [5.74, 6) is 2.30. The molecule has 1 fully saturated rings. The van der Waals surface area contributed by atoms with Crippen molar-refractivity contribution < 1.29 is 13.9 Å². The smallest absolute Gasteiger partial charge is 0.410 e. The maximum atomic E-state index is 14.7. The summed E-state index contributed by atoms with van der Waals surface area (Å²) in [5, 5.41) is 3.99. The summed E-state index contributed by atoms with van der Waals surface area (Å²) in [5.41, 5.74) is 2.62. The molecule has 0 saturated carbocycles. The van der Waals surface area contributed by atoms with Crippen molar-refractivity contribution in [2.75, 3.05) is 31.5 Å². The van der Waals surface area contributed by atoms with E-state index in [9.17, 15) is 14.0 Å². The lowest BCUT2D eigenvalue weighted by Crippen LogP contribution is -2.49. The summed E-state index contributed by atoms with van der Waals surface area (Å²) in [6, 6.07) is 15.9. The molecule has 1 aliphatic heterocycles. The number of nitrogens with zero attached hydrogens (tertiary/aromatic N) is 5. The maximum absolute atomic E-state index is 14.7. The van der Waals surface area contributed by atoms with Crippen LogP contribution in [0.5, 0.6) is 0 Å². The number of carbonyl (C=O) groups is 1. The monoisotopic (exact) mass is 596 g/mol. The van der Waals surface area contributed by atoms with Gasteiger partial charge >= 0.3 is 6.09 Å². The number of pyridine rings is 1. The highest BCUT2D eigenvalue weighted by molar-refractivity contribution is 5.75. The largest absolute Gasteiger partial charge is 0.444 e. The molecule has 0 spiro atoms. The second-order valence-corrected chi connectivity index (χ2v) is 12.0. The van der Waals surface area contributed by atoms with Gasteiger partial charge in [-0.05, 0) is 57.0 Å². The molecular formula is C34H37FN6O3. The third kappa shape index (κ3) is 7.41. The van der Waals surface area contributed by atoms with Crippen LogP contribution < -0.4 is 10.9 Å². The van der Waals surface area contributed by atoms with Gasteiger partial charge in [0.05, 0.1) is 12.6 Å². The average molecular weight is 597 g/mol. The Bertz CT molecular complexity index is 1750. The number of ether oxygens (including phenoxy) is 1. The van der Waals surface area contributed by atoms with Gasteiger partial charge in [0.15, 0.2) is 0 Å². The van der Waals surface area contributed by atoms with Crippen molar-refractivity contribution in [3.05, 3.63) is 99.2 Å². The highest BCUT2D eigenvalue weighted by Gasteiger charge is 2.26. The Morgan fingerprint density at radius 3 is 2.45 bits per heavy atom. The highest BCUT2D eigenvalue weighted by Crippen LogP contribution is 2.21. The molecule has 0 aliphatic carbocycles. The van der Waals surface area contributed by atoms with E-state index in [0.29, 0.717) is 41.2 Å². The number of hydrogen-bond acceptors (Lipinski definition) is 7. The topological polar surface area (TPSA) is 92.6 Å². The lowest BCUT2D eigenvalue weighted by atomic mass is 10.1. The van der Waals surface area contributed by atoms with Gasteiger partial charge in [0, 0.05) is 61.5 Å². The first-order valence-corrected chi connectivity index (χ1v) is 14.7. The highest BCUT2D eigenvalue weighted by atomic mass is 19.1. The van der Waals surface area contributed by atoms with E-state index in [4.69, 9.17) is 11.2 Å². The van der Waals surface area contributed by atoms with Crippen LogP contribution in [0.25, 0.3) is 11.0 Å². The Balaban J connectivity index is 1.23. The maximum Gasteiger partial charge on any atom is 0.410 e. The molecule has 1 atom stereocenters. The van der Waals surface area contributed by atoms with E-state index < -0.39 is 11.4 Å². The lowest BCUT2D eigenvalue weighted by Gasteiger charge is -2.35. The fourth-order valence-electron chi connectivity index (χ4n) is 5.09. The first-order valence-electron chi connectivity index (χ1n) is 14.7. The van der Waals surface area contributed by atoms with Gasteiger partial charge in [0.25, 0.3) is 5.56 Å². The first kappa shape index (κ1) is 30.7. The van der Waals surface area contributed by atoms with Crippen LogP contribution in [-0.4, -0.2) is 62.2 Å². The zero-order chi connectivity index (χ0) is 31.4. The summed E-state index contributed by atoms with van der Waals surface area (Å²) in [6.45, 7) is 11.3. The van der Waals surface area contributed by atoms with E-state index in [1.807, 2.05) is 27.7 Å². The number of anilines is 1. The van der Waals surface area contributed by atoms with Gasteiger partial charge in [-0.25, -0.2) is 14.2 Å². The Morgan fingerprint density at radius 2 is 1.80 bits per heavy atom. The molecule has 1 saturated heterocycles. The van der Waals surface area contributed by atoms with Crippen LogP contribution >= 0.6 is 0 Å². The third-order valence-electron chi connectivity index (χ3n) is 7.53. The Kier molecular flexibility index (Phi) is 8.97. The van der Waals surface area contributed by atoms with Crippen molar-refractivity contribution in [2.24, 2.45) is 0 Å². The van der Waals surface area contributed by atoms with Crippen molar-refractivity contribution >= 4 is 23.1 Å². The Labute approximate surface area is 256 Å². The molecule has 44 heavy (non-hydrogen) atoms. The quantitative estimate of drug-likeness (QED) is 0.294. The van der Waals surface area contributed by atoms with Crippen molar-refractivity contribution in [3.8, 4) is 12.3 Å². The number of terminal acetylenes is 1. The Morgan fingerprint density at radius 1 is 1.07 bits per heavy atom. The van der Waals surface area contributed by atoms with Gasteiger partial charge in [-0.1, -0.05) is 36.3 Å². The zero-order valence-corrected chi connectivity index (χ0v) is 25.5. The van der Waals surface area contributed by atoms with E-state index in [2.05, 4.69) is 50.4 Å². The number of piperazine rings is 1. The van der Waals surface area contributed by atoms with Crippen molar-refractivity contribution in [1.29, 1.82) is 0 Å². The van der Waals surface area contributed by atoms with Crippen LogP contribution in [0.2, 0.25) is 0 Å². The zero-order valence-electron chi connectivity index (χ0n) is 25.5. The number of hydrogen-bond donors (Lipinski definition) is 1. The van der Waals surface area contributed by atoms with E-state index in [-0.39, 0.29) is 24.2 Å². The van der Waals surface area contributed by atoms with Crippen LogP contribution in [-0.2, 0) is 17.8 Å². The fourth-order valence-corrected chi connectivity index (χ4v) is 5.09. The third-order valence-corrected chi connectivity index (χ3v) is 7.53. The summed E-state index contributed by atoms with van der Waals surface area (Å²) < 4.78 is 21.6. The summed E-state index contributed by atoms with van der Waals surface area (Å²) in [4.78, 5) is 38.3. The first-order chi connectivity index (χ1) is 21.0. The van der Waals surface area contributed by atoms with Gasteiger partial charge in [-0.3, -0.25) is 14.3 Å². The van der Waals surface area contributed by atoms with Crippen molar-refractivity contribution in [2.45, 2.75) is 52.4 Å². The number of benzene rings is 2. The van der Waals surface area contributed by atoms with Crippen LogP contribution in [0.15, 0.2) is 65.6 Å². The molecule has 2 aromatic carbocycles. The van der Waals surface area contributed by atoms with E-state index in [1.165, 1.54) is 22.3 Å². The van der Waals surface area contributed by atoms with E-state index in [1.54, 1.807) is 29.3 Å². The van der Waals surface area contributed by atoms with E-state index >= 15 is 0 Å². The number of amides is 1. The molecule has 9 nitrogen and oxygen atoms in total. The van der Waals surface area contributed by atoms with Gasteiger partial charge < -0.3 is 15.0 Å². The summed E-state index contributed by atoms with van der Waals surface area (Å²) >= 11 is 0. The number of carbonyl (C=O) groups excluding carboxylic acids is 1. The predicted octanol–water partition coefficient (Wildman–Crippen LogP) is 5.19. The molecule has 10 heteroatoms. The molecule has 5 rings (SSSR count). The van der Waals surface area contributed by atoms with Gasteiger partial charge in [-0.15, -0.1) is 6.42 Å². The molecule has 0 unspecified atom stereocenters. The molecule has 228 valence electrons. The SMILES string of the molecule is C#Cc1ccc(Cn2c(=O)ccc3cnc(N[C@@H](C)c4ccc(CN5CCN(C(=O)OC(C)(C)C)CC5)cc4)nc32)c(F)c1. The minimum Gasteiger partial charge on any atom is -0.444 e. The summed E-state index contributed by atoms with van der Waals surface area (Å²) in [7, 11) is 0. The van der Waals surface area contributed by atoms with E-state index in [0.717, 1.165) is 25.2 Å². The predicted molar refractivity (Wildman–Crippen MR) is 169 cm³/mol. The van der Waals surface area contributed by atoms with Gasteiger partial charge in [0.1, 0.15) is 17.1 Å². The minimum atomic E-state index is -0.498. The molecule has 2 aromatic heterocycles. The van der Waals surface area contributed by atoms with Crippen molar-refractivity contribution in [1.82, 2.24) is 24.3 Å². The molecular weight excluding hydrogens is 559 g/mol. The number of rotatable bonds is 7. The van der Waals surface area contributed by atoms with Crippen LogP contribution in [0.3, 0.4) is 0 Å². The normalized spacial score (nSPS) is 14.7. The molecule has 4 aromatic rings. The standard InChI is InChI=1S/C34H37FN6O3/c1-6-24-7-12-28(29(35)19-24)22-41-30(42)14-13-27-20-36-32(38-31(27)41)37-23(2)26-10-8-25(9-11-26)21-39-15-17-40(18-16-39)33(43)44-34(3,4)5/h1,7-14,19-20,23H,15-18,21-22H2,2-5H3,(H,36,37,38)/t23-/m0/s1. The fraction of sp³-hybridized carbons (Fsp3) is 0.353. The number of aromatic nitrogens is 3. The van der Waals surface area contributed by atoms with Gasteiger partial charge in [0.2, 0.25) is 5.95 Å². The molecule has 0 bridgehead atoms. The lowest BCUT2D eigenvalue weighted by molar-refractivity contribution is 0.0139. The molecule has 1 N–H and O–H groups in total. The average Bonchev–Trinajstić information content (AvgIpc) is 2.99. The summed E-state index contributed by atoms with van der Waals surface area (Å²) in [6.07, 6.45) is 6.77. The second-order valence-electron chi connectivity index (χ2n) is 12.0. The number of nitrogens with one attached hydrogen (secondary N) is 1. The van der Waals surface area contributed by atoms with Crippen LogP contribution in [0.1, 0.15) is 56.0 Å². The minimum absolute atomic E-state index is 0.0103. The number of halogens is 1. The molecule has 1 amide bonds. The van der Waals surface area contributed by atoms with Crippen LogP contribution in [0.4, 0.5) is 15.1 Å². The molecule has 3 heterocycles. The molecule has 0 radical (unpaired) electrons. The van der Waals surface area contributed by atoms with Crippen LogP contribution in [0, 0.1) is 18.2 Å². The van der Waals surface area contributed by atoms with Crippen molar-refractivity contribution in [3.63, 3.8) is 0 Å². The molecule has 1 aliphatic rings. The second kappa shape index (κ2) is 12.9.